The van der Waals surface area contributed by atoms with Gasteiger partial charge in [-0.1, -0.05) is 12.6 Å². The van der Waals surface area contributed by atoms with Crippen LogP contribution in [0.1, 0.15) is 0 Å². The lowest BCUT2D eigenvalue weighted by Crippen LogP contribution is -2.29. The minimum absolute atomic E-state index is 0.297. The Kier molecular flexibility index (Phi) is 4.91. The van der Waals surface area contributed by atoms with E-state index in [9.17, 15) is 4.79 Å². The third-order valence-electron chi connectivity index (χ3n) is 5.06. The predicted octanol–water partition coefficient (Wildman–Crippen LogP) is 3.77. The van der Waals surface area contributed by atoms with Gasteiger partial charge in [0.25, 0.3) is 0 Å². The molecule has 0 spiro atoms. The summed E-state index contributed by atoms with van der Waals surface area (Å²) >= 11 is 0. The van der Waals surface area contributed by atoms with Crippen LogP contribution in [0.3, 0.4) is 0 Å². The van der Waals surface area contributed by atoms with E-state index in [2.05, 4.69) is 36.7 Å². The summed E-state index contributed by atoms with van der Waals surface area (Å²) in [7, 11) is 1.99. The summed E-state index contributed by atoms with van der Waals surface area (Å²) in [5, 5.41) is 2.70. The van der Waals surface area contributed by atoms with Crippen molar-refractivity contribution < 1.29 is 14.3 Å². The zero-order valence-corrected chi connectivity index (χ0v) is 17.3. The lowest BCUT2D eigenvalue weighted by molar-refractivity contribution is -0.111. The Hall–Kier alpha value is -4.40. The number of hydrogen-bond acceptors (Lipinski definition) is 7. The number of pyridine rings is 1. The second kappa shape index (κ2) is 8.03. The Bertz CT molecular complexity index is 1330. The molecule has 2 N–H and O–H groups in total. The van der Waals surface area contributed by atoms with Crippen LogP contribution in [0.15, 0.2) is 61.6 Å². The van der Waals surface area contributed by atoms with Crippen molar-refractivity contribution in [2.75, 3.05) is 30.4 Å². The van der Waals surface area contributed by atoms with Crippen molar-refractivity contribution in [2.45, 2.75) is 0 Å². The molecule has 160 valence electrons. The van der Waals surface area contributed by atoms with E-state index in [0.29, 0.717) is 35.1 Å². The summed E-state index contributed by atoms with van der Waals surface area (Å²) in [4.78, 5) is 30.4. The molecule has 1 aliphatic heterocycles. The van der Waals surface area contributed by atoms with E-state index in [1.165, 1.54) is 6.08 Å². The van der Waals surface area contributed by atoms with Gasteiger partial charge in [-0.25, -0.2) is 15.0 Å². The van der Waals surface area contributed by atoms with Crippen molar-refractivity contribution in [1.82, 2.24) is 19.9 Å². The van der Waals surface area contributed by atoms with E-state index in [4.69, 9.17) is 9.47 Å². The molecule has 32 heavy (non-hydrogen) atoms. The maximum absolute atomic E-state index is 11.5. The van der Waals surface area contributed by atoms with Crippen LogP contribution in [0, 0.1) is 0 Å². The predicted molar refractivity (Wildman–Crippen MR) is 121 cm³/mol. The Balaban J connectivity index is 1.45. The summed E-state index contributed by atoms with van der Waals surface area (Å²) in [6.45, 7) is 4.87. The second-order valence-electron chi connectivity index (χ2n) is 7.25. The largest absolute Gasteiger partial charge is 0.488 e. The molecule has 0 unspecified atom stereocenters. The van der Waals surface area contributed by atoms with Crippen LogP contribution in [-0.4, -0.2) is 46.0 Å². The van der Waals surface area contributed by atoms with Crippen LogP contribution in [0.25, 0.3) is 22.3 Å². The number of benzene rings is 1. The maximum Gasteiger partial charge on any atom is 0.247 e. The van der Waals surface area contributed by atoms with Gasteiger partial charge in [0.2, 0.25) is 11.8 Å². The molecule has 1 amide bonds. The highest BCUT2D eigenvalue weighted by Crippen LogP contribution is 2.35. The molecule has 0 saturated heterocycles. The van der Waals surface area contributed by atoms with Crippen molar-refractivity contribution in [2.24, 2.45) is 0 Å². The molecule has 5 rings (SSSR count). The number of nitrogens with zero attached hydrogens (tertiary/aromatic N) is 4. The number of carbonyl (C=O) groups is 1. The average molecular weight is 428 g/mol. The first-order valence-electron chi connectivity index (χ1n) is 10.0. The molecule has 0 fully saturated rings. The topological polar surface area (TPSA) is 105 Å². The van der Waals surface area contributed by atoms with E-state index in [1.54, 1.807) is 36.7 Å². The molecule has 1 aliphatic rings. The number of amides is 1. The van der Waals surface area contributed by atoms with Gasteiger partial charge in [0.1, 0.15) is 17.9 Å². The van der Waals surface area contributed by atoms with Crippen LogP contribution in [0.5, 0.6) is 17.4 Å². The highest BCUT2D eigenvalue weighted by atomic mass is 16.5. The molecule has 9 heteroatoms. The second-order valence-corrected chi connectivity index (χ2v) is 7.25. The summed E-state index contributed by atoms with van der Waals surface area (Å²) in [6, 6.07) is 8.97. The molecule has 3 aromatic heterocycles. The first-order valence-corrected chi connectivity index (χ1v) is 10.0. The van der Waals surface area contributed by atoms with E-state index in [1.807, 2.05) is 19.3 Å². The van der Waals surface area contributed by atoms with E-state index >= 15 is 0 Å². The smallest absolute Gasteiger partial charge is 0.247 e. The minimum Gasteiger partial charge on any atom is -0.488 e. The molecule has 0 radical (unpaired) electrons. The van der Waals surface area contributed by atoms with Crippen LogP contribution in [-0.2, 0) is 4.79 Å². The van der Waals surface area contributed by atoms with Gasteiger partial charge in [0.05, 0.1) is 12.7 Å². The van der Waals surface area contributed by atoms with Gasteiger partial charge in [-0.2, -0.15) is 0 Å². The fourth-order valence-electron chi connectivity index (χ4n) is 3.47. The van der Waals surface area contributed by atoms with Gasteiger partial charge in [-0.15, -0.1) is 0 Å². The lowest BCUT2D eigenvalue weighted by atomic mass is 10.1. The monoisotopic (exact) mass is 428 g/mol. The molecule has 1 aromatic carbocycles. The molecule has 9 nitrogen and oxygen atoms in total. The normalized spacial score (nSPS) is 12.7. The number of fused-ring (bicyclic) bond motifs is 2. The molecule has 0 saturated carbocycles. The molecular weight excluding hydrogens is 408 g/mol. The number of aromatic nitrogens is 4. The number of anilines is 2. The SMILES string of the molecule is C=CC(=O)Nc1cccc(Oc2cnc3[nH]cc(-c4cnc5c(c4)OCCN5C)c3n2)c1. The summed E-state index contributed by atoms with van der Waals surface area (Å²) in [5.41, 5.74) is 3.59. The average Bonchev–Trinajstić information content (AvgIpc) is 3.22. The quantitative estimate of drug-likeness (QED) is 0.466. The lowest BCUT2D eigenvalue weighted by Gasteiger charge is -2.26. The minimum atomic E-state index is -0.297. The number of rotatable bonds is 5. The van der Waals surface area contributed by atoms with Gasteiger partial charge >= 0.3 is 0 Å². The van der Waals surface area contributed by atoms with E-state index in [-0.39, 0.29) is 5.91 Å². The first-order chi connectivity index (χ1) is 15.6. The van der Waals surface area contributed by atoms with Crippen LogP contribution >= 0.6 is 0 Å². The third kappa shape index (κ3) is 3.71. The van der Waals surface area contributed by atoms with Crippen molar-refractivity contribution in [1.29, 1.82) is 0 Å². The standard InChI is InChI=1S/C23H20N6O3/c1-3-19(30)27-15-5-4-6-16(10-15)32-20-13-25-22-21(28-20)17(12-24-22)14-9-18-23(26-11-14)29(2)7-8-31-18/h3-6,9-13H,1,7-8H2,2H3,(H,24,25)(H,27,30). The van der Waals surface area contributed by atoms with Crippen molar-refractivity contribution in [3.8, 4) is 28.5 Å². The zero-order valence-electron chi connectivity index (χ0n) is 17.3. The van der Waals surface area contributed by atoms with Crippen molar-refractivity contribution in [3.63, 3.8) is 0 Å². The number of carbonyl (C=O) groups excluding carboxylic acids is 1. The summed E-state index contributed by atoms with van der Waals surface area (Å²) in [6.07, 6.45) is 6.39. The Morgan fingerprint density at radius 3 is 3.09 bits per heavy atom. The molecule has 0 aliphatic carbocycles. The Labute approximate surface area is 183 Å². The first kappa shape index (κ1) is 19.6. The fourth-order valence-corrected chi connectivity index (χ4v) is 3.47. The molecule has 4 heterocycles. The van der Waals surface area contributed by atoms with Gasteiger partial charge in [0.15, 0.2) is 17.2 Å². The summed E-state index contributed by atoms with van der Waals surface area (Å²) in [5.74, 6) is 2.11. The fraction of sp³-hybridized carbons (Fsp3) is 0.130. The van der Waals surface area contributed by atoms with Crippen LogP contribution in [0.2, 0.25) is 0 Å². The number of ether oxygens (including phenoxy) is 2. The van der Waals surface area contributed by atoms with Crippen molar-refractivity contribution in [3.05, 3.63) is 61.6 Å². The maximum atomic E-state index is 11.5. The number of hydrogen-bond donors (Lipinski definition) is 2. The summed E-state index contributed by atoms with van der Waals surface area (Å²) < 4.78 is 11.7. The highest BCUT2D eigenvalue weighted by Gasteiger charge is 2.19. The molecular formula is C23H20N6O3. The van der Waals surface area contributed by atoms with E-state index in [0.717, 1.165) is 29.2 Å². The third-order valence-corrected chi connectivity index (χ3v) is 5.06. The Morgan fingerprint density at radius 2 is 2.22 bits per heavy atom. The highest BCUT2D eigenvalue weighted by molar-refractivity contribution is 5.99. The van der Waals surface area contributed by atoms with Gasteiger partial charge in [0, 0.05) is 42.3 Å². The van der Waals surface area contributed by atoms with Gasteiger partial charge in [-0.05, 0) is 24.3 Å². The molecule has 4 aromatic rings. The van der Waals surface area contributed by atoms with Gasteiger partial charge in [-0.3, -0.25) is 4.79 Å². The number of aromatic amines is 1. The number of likely N-dealkylation sites (N-methyl/N-ethyl adjacent to an activating group) is 1. The van der Waals surface area contributed by atoms with Gasteiger partial charge < -0.3 is 24.7 Å². The Morgan fingerprint density at radius 1 is 1.31 bits per heavy atom. The van der Waals surface area contributed by atoms with Crippen molar-refractivity contribution >= 4 is 28.6 Å². The zero-order chi connectivity index (χ0) is 22.1. The molecule has 0 bridgehead atoms. The molecule has 0 atom stereocenters. The van der Waals surface area contributed by atoms with Crippen LogP contribution in [0.4, 0.5) is 11.5 Å². The van der Waals surface area contributed by atoms with Crippen LogP contribution < -0.4 is 19.7 Å². The number of nitrogens with one attached hydrogen (secondary N) is 2. The number of H-pyrrole nitrogens is 1. The van der Waals surface area contributed by atoms with E-state index < -0.39 is 0 Å².